The summed E-state index contributed by atoms with van der Waals surface area (Å²) < 4.78 is 16.5. The minimum absolute atomic E-state index is 0.185. The number of fused-ring (bicyclic) bond motifs is 5. The number of nitrogens with zero attached hydrogens (tertiary/aromatic N) is 2. The highest BCUT2D eigenvalue weighted by molar-refractivity contribution is 6.24. The Labute approximate surface area is 185 Å². The van der Waals surface area contributed by atoms with Crippen molar-refractivity contribution in [2.24, 2.45) is 11.8 Å². The molecule has 2 aromatic rings. The van der Waals surface area contributed by atoms with Gasteiger partial charge in [-0.1, -0.05) is 18.2 Å². The van der Waals surface area contributed by atoms with Gasteiger partial charge in [0.2, 0.25) is 0 Å². The maximum Gasteiger partial charge on any atom is 0.332 e. The Morgan fingerprint density at radius 2 is 1.88 bits per heavy atom. The average Bonchev–Trinajstić information content (AvgIpc) is 3.19. The topological polar surface area (TPSA) is 85.4 Å². The van der Waals surface area contributed by atoms with Crippen LogP contribution in [0, 0.1) is 11.8 Å². The van der Waals surface area contributed by atoms with Crippen molar-refractivity contribution in [3.63, 3.8) is 0 Å². The summed E-state index contributed by atoms with van der Waals surface area (Å²) in [4.78, 5) is 43.4. The Morgan fingerprint density at radius 1 is 1.16 bits per heavy atom. The van der Waals surface area contributed by atoms with Gasteiger partial charge in [0.05, 0.1) is 38.0 Å². The van der Waals surface area contributed by atoms with E-state index in [0.717, 1.165) is 10.5 Å². The van der Waals surface area contributed by atoms with Gasteiger partial charge in [-0.15, -0.1) is 0 Å². The molecule has 32 heavy (non-hydrogen) atoms. The van der Waals surface area contributed by atoms with E-state index in [2.05, 4.69) is 0 Å². The number of benzene rings is 2. The number of amides is 3. The molecule has 2 aromatic carbocycles. The highest BCUT2D eigenvalue weighted by Crippen LogP contribution is 2.58. The monoisotopic (exact) mass is 436 g/mol. The third-order valence-electron chi connectivity index (χ3n) is 6.79. The van der Waals surface area contributed by atoms with E-state index in [1.165, 1.54) is 0 Å². The first-order chi connectivity index (χ1) is 15.4. The Hall–Kier alpha value is -3.55. The number of esters is 1. The summed E-state index contributed by atoms with van der Waals surface area (Å²) in [5.41, 5.74) is -0.171. The van der Waals surface area contributed by atoms with Gasteiger partial charge in [0.25, 0.3) is 5.91 Å². The predicted octanol–water partition coefficient (Wildman–Crippen LogP) is 3.17. The second-order valence-corrected chi connectivity index (χ2v) is 8.33. The van der Waals surface area contributed by atoms with Crippen LogP contribution in [0.3, 0.4) is 0 Å². The van der Waals surface area contributed by atoms with Gasteiger partial charge in [0, 0.05) is 11.5 Å². The molecule has 3 aliphatic heterocycles. The van der Waals surface area contributed by atoms with Crippen molar-refractivity contribution in [3.8, 4) is 11.5 Å². The average molecular weight is 436 g/mol. The fourth-order valence-electron chi connectivity index (χ4n) is 5.40. The molecule has 5 rings (SSSR count). The highest BCUT2D eigenvalue weighted by atomic mass is 16.5. The first-order valence-corrected chi connectivity index (χ1v) is 10.6. The molecule has 2 fully saturated rings. The van der Waals surface area contributed by atoms with E-state index in [1.807, 2.05) is 24.3 Å². The fourth-order valence-corrected chi connectivity index (χ4v) is 5.40. The molecule has 0 spiro atoms. The van der Waals surface area contributed by atoms with Crippen molar-refractivity contribution in [1.82, 2.24) is 4.90 Å². The van der Waals surface area contributed by atoms with Crippen molar-refractivity contribution in [3.05, 3.63) is 54.1 Å². The summed E-state index contributed by atoms with van der Waals surface area (Å²) in [5.74, 6) is -0.905. The quantitative estimate of drug-likeness (QED) is 0.541. The lowest BCUT2D eigenvalue weighted by Crippen LogP contribution is -2.51. The number of imide groups is 1. The predicted molar refractivity (Wildman–Crippen MR) is 114 cm³/mol. The molecule has 0 saturated carbocycles. The molecule has 0 bridgehead atoms. The van der Waals surface area contributed by atoms with E-state index in [-0.39, 0.29) is 19.1 Å². The van der Waals surface area contributed by atoms with Crippen LogP contribution in [0.2, 0.25) is 0 Å². The number of anilines is 1. The summed E-state index contributed by atoms with van der Waals surface area (Å²) in [6, 6.07) is 13.2. The Kier molecular flexibility index (Phi) is 4.62. The van der Waals surface area contributed by atoms with Crippen LogP contribution in [0.1, 0.15) is 25.5 Å². The van der Waals surface area contributed by atoms with Gasteiger partial charge in [0.1, 0.15) is 17.0 Å². The molecule has 0 aliphatic carbocycles. The zero-order valence-electron chi connectivity index (χ0n) is 18.1. The molecule has 8 nitrogen and oxygen atoms in total. The van der Waals surface area contributed by atoms with Crippen LogP contribution in [0.4, 0.5) is 10.5 Å². The van der Waals surface area contributed by atoms with Crippen molar-refractivity contribution < 1.29 is 28.6 Å². The molecule has 3 aliphatic rings. The smallest absolute Gasteiger partial charge is 0.332 e. The van der Waals surface area contributed by atoms with Crippen molar-refractivity contribution >= 4 is 23.6 Å². The number of hydrogen-bond acceptors (Lipinski definition) is 6. The van der Waals surface area contributed by atoms with Gasteiger partial charge in [-0.05, 0) is 44.2 Å². The lowest BCUT2D eigenvalue weighted by molar-refractivity contribution is -0.154. The third-order valence-corrected chi connectivity index (χ3v) is 6.79. The van der Waals surface area contributed by atoms with E-state index in [1.54, 1.807) is 50.1 Å². The summed E-state index contributed by atoms with van der Waals surface area (Å²) in [6.45, 7) is 3.80. The van der Waals surface area contributed by atoms with Crippen LogP contribution in [0.15, 0.2) is 48.5 Å². The van der Waals surface area contributed by atoms with E-state index in [4.69, 9.17) is 14.2 Å². The number of para-hydroxylation sites is 1. The highest BCUT2D eigenvalue weighted by Gasteiger charge is 2.72. The lowest BCUT2D eigenvalue weighted by Gasteiger charge is -2.34. The Bertz CT molecular complexity index is 1100. The van der Waals surface area contributed by atoms with Gasteiger partial charge < -0.3 is 19.1 Å². The van der Waals surface area contributed by atoms with Crippen LogP contribution in [-0.4, -0.2) is 48.7 Å². The molecule has 8 heteroatoms. The SMILES string of the molecule is CCOC(=O)[C@@H]1[C@H]2COc3ccccc3[C@@H]2N2C(=O)N(c3ccc(OC)cc3)C(=O)[C@@]12C. The zero-order valence-corrected chi connectivity index (χ0v) is 18.1. The molecular weight excluding hydrogens is 412 g/mol. The normalized spacial score (nSPS) is 28.0. The number of carbonyl (C=O) groups excluding carboxylic acids is 3. The number of carbonyl (C=O) groups is 3. The lowest BCUT2D eigenvalue weighted by atomic mass is 9.77. The van der Waals surface area contributed by atoms with Gasteiger partial charge in [-0.2, -0.15) is 0 Å². The van der Waals surface area contributed by atoms with E-state index in [0.29, 0.717) is 17.2 Å². The molecule has 0 radical (unpaired) electrons. The number of hydrogen-bond donors (Lipinski definition) is 0. The van der Waals surface area contributed by atoms with E-state index >= 15 is 0 Å². The van der Waals surface area contributed by atoms with Gasteiger partial charge >= 0.3 is 12.0 Å². The number of rotatable bonds is 4. The second kappa shape index (κ2) is 7.25. The molecule has 3 amide bonds. The number of ether oxygens (including phenoxy) is 3. The molecule has 0 unspecified atom stereocenters. The largest absolute Gasteiger partial charge is 0.497 e. The van der Waals surface area contributed by atoms with Crippen LogP contribution < -0.4 is 14.4 Å². The summed E-state index contributed by atoms with van der Waals surface area (Å²) in [5, 5.41) is 0. The first kappa shape index (κ1) is 20.4. The summed E-state index contributed by atoms with van der Waals surface area (Å²) in [6.07, 6.45) is 0. The summed E-state index contributed by atoms with van der Waals surface area (Å²) in [7, 11) is 1.55. The standard InChI is InChI=1S/C24H24N2O6/c1-4-31-21(27)19-17-13-32-18-8-6-5-7-16(18)20(17)26-23(29)25(22(28)24(19,26)2)14-9-11-15(30-3)12-10-14/h5-12,17,19-20H,4,13H2,1-3H3/t17-,19+,20+,24-/m1/s1. The Morgan fingerprint density at radius 3 is 2.56 bits per heavy atom. The van der Waals surface area contributed by atoms with Crippen molar-refractivity contribution in [2.45, 2.75) is 25.4 Å². The molecule has 3 heterocycles. The summed E-state index contributed by atoms with van der Waals surface area (Å²) >= 11 is 0. The van der Waals surface area contributed by atoms with Crippen molar-refractivity contribution in [1.29, 1.82) is 0 Å². The van der Waals surface area contributed by atoms with Crippen LogP contribution in [0.25, 0.3) is 0 Å². The van der Waals surface area contributed by atoms with E-state index < -0.39 is 35.4 Å². The Balaban J connectivity index is 1.65. The molecule has 166 valence electrons. The molecule has 2 saturated heterocycles. The first-order valence-electron chi connectivity index (χ1n) is 10.6. The third kappa shape index (κ3) is 2.58. The van der Waals surface area contributed by atoms with Crippen molar-refractivity contribution in [2.75, 3.05) is 25.2 Å². The molecular formula is C24H24N2O6. The van der Waals surface area contributed by atoms with Gasteiger partial charge in [0.15, 0.2) is 0 Å². The maximum absolute atomic E-state index is 13.8. The van der Waals surface area contributed by atoms with E-state index in [9.17, 15) is 14.4 Å². The molecule has 0 aromatic heterocycles. The van der Waals surface area contributed by atoms with Crippen LogP contribution in [-0.2, 0) is 14.3 Å². The fraction of sp³-hybridized carbons (Fsp3) is 0.375. The minimum atomic E-state index is -1.39. The van der Waals surface area contributed by atoms with Gasteiger partial charge in [-0.3, -0.25) is 9.59 Å². The zero-order chi connectivity index (χ0) is 22.6. The van der Waals surface area contributed by atoms with Gasteiger partial charge in [-0.25, -0.2) is 9.69 Å². The molecule has 4 atom stereocenters. The second-order valence-electron chi connectivity index (χ2n) is 8.33. The number of methoxy groups -OCH3 is 1. The van der Waals surface area contributed by atoms with Crippen LogP contribution in [0.5, 0.6) is 11.5 Å². The number of urea groups is 1. The minimum Gasteiger partial charge on any atom is -0.497 e. The van der Waals surface area contributed by atoms with Crippen LogP contribution >= 0.6 is 0 Å². The molecule has 0 N–H and O–H groups in total. The maximum atomic E-state index is 13.8.